The molecule has 3 rings (SSSR count). The van der Waals surface area contributed by atoms with E-state index >= 15 is 0 Å². The van der Waals surface area contributed by atoms with Crippen LogP contribution in [0, 0.1) is 0 Å². The van der Waals surface area contributed by atoms with Gasteiger partial charge in [-0.3, -0.25) is 4.79 Å². The molecule has 166 valence electrons. The first-order chi connectivity index (χ1) is 15.6. The zero-order valence-electron chi connectivity index (χ0n) is 18.4. The molecule has 2 unspecified atom stereocenters. The van der Waals surface area contributed by atoms with Gasteiger partial charge in [-0.15, -0.1) is 0 Å². The van der Waals surface area contributed by atoms with Gasteiger partial charge in [-0.1, -0.05) is 60.7 Å². The predicted molar refractivity (Wildman–Crippen MR) is 123 cm³/mol. The minimum absolute atomic E-state index is 0.311. The normalized spacial score (nSPS) is 12.4. The molecule has 0 fully saturated rings. The number of ether oxygens (including phenoxy) is 3. The first kappa shape index (κ1) is 23.1. The monoisotopic (exact) mass is 432 g/mol. The fourth-order valence-corrected chi connectivity index (χ4v) is 3.62. The zero-order chi connectivity index (χ0) is 22.8. The van der Waals surface area contributed by atoms with Gasteiger partial charge >= 0.3 is 11.9 Å². The van der Waals surface area contributed by atoms with Crippen molar-refractivity contribution in [2.45, 2.75) is 31.3 Å². The highest BCUT2D eigenvalue weighted by Crippen LogP contribution is 2.29. The van der Waals surface area contributed by atoms with Crippen LogP contribution in [0.5, 0.6) is 5.75 Å². The average Bonchev–Trinajstić information content (AvgIpc) is 2.86. The van der Waals surface area contributed by atoms with Crippen molar-refractivity contribution < 1.29 is 23.8 Å². The van der Waals surface area contributed by atoms with E-state index in [2.05, 4.69) is 0 Å². The first-order valence-corrected chi connectivity index (χ1v) is 10.6. The van der Waals surface area contributed by atoms with E-state index < -0.39 is 18.0 Å². The third kappa shape index (κ3) is 6.45. The topological polar surface area (TPSA) is 61.8 Å². The maximum atomic E-state index is 12.8. The van der Waals surface area contributed by atoms with Crippen molar-refractivity contribution in [2.75, 3.05) is 14.2 Å². The van der Waals surface area contributed by atoms with E-state index in [1.807, 2.05) is 60.7 Å². The summed E-state index contributed by atoms with van der Waals surface area (Å²) in [5, 5.41) is 0. The molecule has 0 bridgehead atoms. The Labute approximate surface area is 188 Å². The molecule has 0 aliphatic carbocycles. The second-order valence-electron chi connectivity index (χ2n) is 7.51. The van der Waals surface area contributed by atoms with Crippen LogP contribution in [0.3, 0.4) is 0 Å². The van der Waals surface area contributed by atoms with Gasteiger partial charge in [0.1, 0.15) is 11.9 Å². The summed E-state index contributed by atoms with van der Waals surface area (Å²) in [6, 6.07) is 26.2. The highest BCUT2D eigenvalue weighted by Gasteiger charge is 2.28. The van der Waals surface area contributed by atoms with Crippen LogP contribution < -0.4 is 4.74 Å². The summed E-state index contributed by atoms with van der Waals surface area (Å²) < 4.78 is 16.3. The van der Waals surface area contributed by atoms with Gasteiger partial charge in [0.2, 0.25) is 0 Å². The minimum Gasteiger partial charge on any atom is -0.497 e. The number of hydrogen-bond donors (Lipinski definition) is 0. The van der Waals surface area contributed by atoms with Crippen LogP contribution in [-0.2, 0) is 20.7 Å². The second kappa shape index (κ2) is 11.7. The summed E-state index contributed by atoms with van der Waals surface area (Å²) in [6.45, 7) is 0. The van der Waals surface area contributed by atoms with Gasteiger partial charge in [-0.25, -0.2) is 4.79 Å². The SMILES string of the molecule is COC(=O)C(CC(CCc1ccccc1)OC(=O)c1ccccc1)c1cccc(OC)c1. The van der Waals surface area contributed by atoms with E-state index in [1.54, 1.807) is 31.4 Å². The van der Waals surface area contributed by atoms with Crippen LogP contribution in [0.25, 0.3) is 0 Å². The molecule has 0 saturated carbocycles. The number of carbonyl (C=O) groups is 2. The molecule has 0 N–H and O–H groups in total. The van der Waals surface area contributed by atoms with Crippen LogP contribution in [0.2, 0.25) is 0 Å². The maximum absolute atomic E-state index is 12.8. The molecular formula is C27H28O5. The Balaban J connectivity index is 1.83. The predicted octanol–water partition coefficient (Wildman–Crippen LogP) is 5.20. The van der Waals surface area contributed by atoms with Gasteiger partial charge in [0, 0.05) is 6.42 Å². The number of benzene rings is 3. The van der Waals surface area contributed by atoms with E-state index in [1.165, 1.54) is 7.11 Å². The van der Waals surface area contributed by atoms with Crippen molar-refractivity contribution in [1.82, 2.24) is 0 Å². The number of rotatable bonds is 10. The fourth-order valence-electron chi connectivity index (χ4n) is 3.62. The van der Waals surface area contributed by atoms with Gasteiger partial charge in [0.25, 0.3) is 0 Å². The molecule has 0 amide bonds. The summed E-state index contributed by atoms with van der Waals surface area (Å²) in [6.07, 6.45) is 1.14. The van der Waals surface area contributed by atoms with Crippen molar-refractivity contribution in [1.29, 1.82) is 0 Å². The third-order valence-electron chi connectivity index (χ3n) is 5.36. The van der Waals surface area contributed by atoms with Crippen molar-refractivity contribution >= 4 is 11.9 Å². The summed E-state index contributed by atoms with van der Waals surface area (Å²) in [5.41, 5.74) is 2.38. The number of hydrogen-bond acceptors (Lipinski definition) is 5. The Kier molecular flexibility index (Phi) is 8.44. The molecule has 2 atom stereocenters. The Morgan fingerprint density at radius 2 is 1.53 bits per heavy atom. The van der Waals surface area contributed by atoms with E-state index in [-0.39, 0.29) is 5.97 Å². The molecule has 3 aromatic rings. The Bertz CT molecular complexity index is 1000. The standard InChI is InChI=1S/C27H28O5/c1-30-23-15-9-14-22(18-23)25(27(29)31-2)19-24(17-16-20-10-5-3-6-11-20)32-26(28)21-12-7-4-8-13-21/h3-15,18,24-25H,16-17,19H2,1-2H3. The molecule has 0 radical (unpaired) electrons. The van der Waals surface area contributed by atoms with Gasteiger partial charge in [0.15, 0.2) is 0 Å². The van der Waals surface area contributed by atoms with Crippen LogP contribution in [0.1, 0.15) is 40.2 Å². The number of carbonyl (C=O) groups excluding carboxylic acids is 2. The Morgan fingerprint density at radius 3 is 2.19 bits per heavy atom. The Morgan fingerprint density at radius 1 is 0.844 bits per heavy atom. The van der Waals surface area contributed by atoms with Crippen LogP contribution in [0.4, 0.5) is 0 Å². The first-order valence-electron chi connectivity index (χ1n) is 10.6. The molecule has 0 spiro atoms. The smallest absolute Gasteiger partial charge is 0.338 e. The van der Waals surface area contributed by atoms with Crippen molar-refractivity contribution in [2.24, 2.45) is 0 Å². The van der Waals surface area contributed by atoms with E-state index in [0.29, 0.717) is 24.2 Å². The molecule has 5 heteroatoms. The lowest BCUT2D eigenvalue weighted by molar-refractivity contribution is -0.143. The van der Waals surface area contributed by atoms with Crippen LogP contribution >= 0.6 is 0 Å². The second-order valence-corrected chi connectivity index (χ2v) is 7.51. The summed E-state index contributed by atoms with van der Waals surface area (Å²) in [7, 11) is 2.95. The lowest BCUT2D eigenvalue weighted by Crippen LogP contribution is -2.26. The largest absolute Gasteiger partial charge is 0.497 e. The zero-order valence-corrected chi connectivity index (χ0v) is 18.4. The number of esters is 2. The van der Waals surface area contributed by atoms with Crippen molar-refractivity contribution in [3.8, 4) is 5.75 Å². The summed E-state index contributed by atoms with van der Waals surface area (Å²) in [5.74, 6) is -0.713. The lowest BCUT2D eigenvalue weighted by atomic mass is 9.90. The molecule has 5 nitrogen and oxygen atoms in total. The quantitative estimate of drug-likeness (QED) is 0.412. The average molecular weight is 433 g/mol. The van der Waals surface area contributed by atoms with Crippen molar-refractivity contribution in [3.63, 3.8) is 0 Å². The van der Waals surface area contributed by atoms with Gasteiger partial charge in [0.05, 0.1) is 25.7 Å². The van der Waals surface area contributed by atoms with Gasteiger partial charge in [-0.05, 0) is 48.2 Å². The molecule has 3 aromatic carbocycles. The molecule has 0 aliphatic rings. The van der Waals surface area contributed by atoms with Gasteiger partial charge in [-0.2, -0.15) is 0 Å². The minimum atomic E-state index is -0.584. The Hall–Kier alpha value is -3.60. The number of methoxy groups -OCH3 is 2. The molecule has 0 aromatic heterocycles. The maximum Gasteiger partial charge on any atom is 0.338 e. The number of aryl methyl sites for hydroxylation is 1. The van der Waals surface area contributed by atoms with E-state index in [9.17, 15) is 9.59 Å². The lowest BCUT2D eigenvalue weighted by Gasteiger charge is -2.23. The highest BCUT2D eigenvalue weighted by atomic mass is 16.5. The van der Waals surface area contributed by atoms with Crippen LogP contribution in [-0.4, -0.2) is 32.3 Å². The summed E-state index contributed by atoms with van der Waals surface area (Å²) in [4.78, 5) is 25.4. The highest BCUT2D eigenvalue weighted by molar-refractivity contribution is 5.89. The van der Waals surface area contributed by atoms with Gasteiger partial charge < -0.3 is 14.2 Å². The molecular weight excluding hydrogens is 404 g/mol. The summed E-state index contributed by atoms with van der Waals surface area (Å²) >= 11 is 0. The third-order valence-corrected chi connectivity index (χ3v) is 5.36. The molecule has 0 aliphatic heterocycles. The molecule has 0 saturated heterocycles. The fraction of sp³-hybridized carbons (Fsp3) is 0.259. The van der Waals surface area contributed by atoms with Crippen LogP contribution in [0.15, 0.2) is 84.9 Å². The molecule has 32 heavy (non-hydrogen) atoms. The van der Waals surface area contributed by atoms with E-state index in [0.717, 1.165) is 17.5 Å². The van der Waals surface area contributed by atoms with Crippen molar-refractivity contribution in [3.05, 3.63) is 102 Å². The van der Waals surface area contributed by atoms with E-state index in [4.69, 9.17) is 14.2 Å². The molecule has 0 heterocycles.